The third kappa shape index (κ3) is 3.60. The van der Waals surface area contributed by atoms with Crippen LogP contribution in [0.1, 0.15) is 24.6 Å². The van der Waals surface area contributed by atoms with Gasteiger partial charge in [-0.1, -0.05) is 23.4 Å². The number of hydrogen-bond acceptors (Lipinski definition) is 7. The minimum absolute atomic E-state index is 0.0496. The molecule has 10 heteroatoms. The van der Waals surface area contributed by atoms with Gasteiger partial charge in [-0.25, -0.2) is 15.0 Å². The Labute approximate surface area is 200 Å². The highest BCUT2D eigenvalue weighted by Gasteiger charge is 2.46. The Morgan fingerprint density at radius 3 is 2.58 bits per heavy atom. The van der Waals surface area contributed by atoms with E-state index in [4.69, 9.17) is 22.3 Å². The van der Waals surface area contributed by atoms with Crippen LogP contribution in [0.25, 0.3) is 5.82 Å². The molecule has 33 heavy (non-hydrogen) atoms. The Balaban J connectivity index is 1.13. The van der Waals surface area contributed by atoms with Gasteiger partial charge in [-0.05, 0) is 37.1 Å². The summed E-state index contributed by atoms with van der Waals surface area (Å²) in [6, 6.07) is 7.88. The molecule has 4 aromatic rings. The van der Waals surface area contributed by atoms with Crippen LogP contribution in [0.5, 0.6) is 0 Å². The van der Waals surface area contributed by atoms with Crippen LogP contribution in [0.15, 0.2) is 71.4 Å². The summed E-state index contributed by atoms with van der Waals surface area (Å²) in [6.45, 7) is 2.73. The minimum atomic E-state index is 0.0496. The second-order valence-electron chi connectivity index (χ2n) is 8.59. The first kappa shape index (κ1) is 20.7. The molecule has 2 aliphatic rings. The maximum atomic E-state index is 6.62. The van der Waals surface area contributed by atoms with Crippen LogP contribution in [0.3, 0.4) is 0 Å². The second-order valence-corrected chi connectivity index (χ2v) is 10.0. The Bertz CT molecular complexity index is 1260. The van der Waals surface area contributed by atoms with Crippen molar-refractivity contribution in [3.05, 3.63) is 72.2 Å². The van der Waals surface area contributed by atoms with Crippen molar-refractivity contribution in [2.45, 2.75) is 35.3 Å². The van der Waals surface area contributed by atoms with E-state index < -0.39 is 0 Å². The van der Waals surface area contributed by atoms with E-state index in [1.807, 2.05) is 59.8 Å². The number of hydrogen-bond donors (Lipinski definition) is 1. The fraction of sp³-hybridized carbons (Fsp3) is 0.304. The average molecular weight is 479 g/mol. The van der Waals surface area contributed by atoms with E-state index in [0.717, 1.165) is 53.9 Å². The largest absolute Gasteiger partial charge is 0.355 e. The SMILES string of the molecule is N[C@@H]1c2ccnn2CC12CCN(c1cnc(Sc3ccnc(-n4cccc4)c3Cl)cn1)CC2. The van der Waals surface area contributed by atoms with Gasteiger partial charge in [0.1, 0.15) is 10.8 Å². The van der Waals surface area contributed by atoms with Crippen molar-refractivity contribution >= 4 is 29.2 Å². The van der Waals surface area contributed by atoms with Gasteiger partial charge in [-0.15, -0.1) is 0 Å². The van der Waals surface area contributed by atoms with Crippen LogP contribution < -0.4 is 10.6 Å². The number of nitrogens with two attached hydrogens (primary N) is 1. The number of pyridine rings is 1. The van der Waals surface area contributed by atoms with Gasteiger partial charge in [-0.3, -0.25) is 4.68 Å². The van der Waals surface area contributed by atoms with E-state index >= 15 is 0 Å². The van der Waals surface area contributed by atoms with Crippen LogP contribution in [0.2, 0.25) is 5.02 Å². The molecule has 6 rings (SSSR count). The molecule has 0 amide bonds. The molecular weight excluding hydrogens is 456 g/mol. The Morgan fingerprint density at radius 2 is 1.85 bits per heavy atom. The number of aromatic nitrogens is 6. The lowest BCUT2D eigenvalue weighted by atomic mass is 9.73. The maximum Gasteiger partial charge on any atom is 0.156 e. The van der Waals surface area contributed by atoms with E-state index in [2.05, 4.69) is 24.6 Å². The third-order valence-electron chi connectivity index (χ3n) is 6.79. The molecule has 0 aliphatic carbocycles. The van der Waals surface area contributed by atoms with Gasteiger partial charge in [-0.2, -0.15) is 5.10 Å². The summed E-state index contributed by atoms with van der Waals surface area (Å²) in [4.78, 5) is 16.9. The van der Waals surface area contributed by atoms with Crippen LogP contribution in [0.4, 0.5) is 5.82 Å². The number of piperidine rings is 1. The second kappa shape index (κ2) is 8.16. The molecule has 8 nitrogen and oxygen atoms in total. The first-order valence-electron chi connectivity index (χ1n) is 10.9. The zero-order valence-corrected chi connectivity index (χ0v) is 19.5. The van der Waals surface area contributed by atoms with Crippen molar-refractivity contribution in [2.24, 2.45) is 11.1 Å². The molecule has 1 atom stereocenters. The van der Waals surface area contributed by atoms with E-state index in [1.165, 1.54) is 11.8 Å². The molecule has 168 valence electrons. The van der Waals surface area contributed by atoms with E-state index in [0.29, 0.717) is 10.8 Å². The number of fused-ring (bicyclic) bond motifs is 1. The summed E-state index contributed by atoms with van der Waals surface area (Å²) in [6.07, 6.45) is 13.1. The molecule has 0 radical (unpaired) electrons. The first-order valence-corrected chi connectivity index (χ1v) is 12.1. The predicted molar refractivity (Wildman–Crippen MR) is 128 cm³/mol. The minimum Gasteiger partial charge on any atom is -0.355 e. The van der Waals surface area contributed by atoms with E-state index in [9.17, 15) is 0 Å². The third-order valence-corrected chi connectivity index (χ3v) is 8.25. The number of rotatable bonds is 4. The number of anilines is 1. The van der Waals surface area contributed by atoms with Crippen molar-refractivity contribution in [1.82, 2.24) is 29.3 Å². The molecule has 2 N–H and O–H groups in total. The summed E-state index contributed by atoms with van der Waals surface area (Å²) in [5.74, 6) is 1.60. The number of nitrogens with zero attached hydrogens (tertiary/aromatic N) is 7. The zero-order valence-electron chi connectivity index (χ0n) is 17.9. The number of halogens is 1. The molecule has 2 aliphatic heterocycles. The van der Waals surface area contributed by atoms with Gasteiger partial charge in [0.05, 0.1) is 29.2 Å². The summed E-state index contributed by atoms with van der Waals surface area (Å²) in [7, 11) is 0. The molecule has 1 saturated heterocycles. The smallest absolute Gasteiger partial charge is 0.156 e. The van der Waals surface area contributed by atoms with E-state index in [1.54, 1.807) is 6.20 Å². The summed E-state index contributed by atoms with van der Waals surface area (Å²) >= 11 is 8.11. The summed E-state index contributed by atoms with van der Waals surface area (Å²) in [5.41, 5.74) is 7.85. The molecule has 0 unspecified atom stereocenters. The standard InChI is InChI=1S/C23H23ClN8S/c24-20-17(4-7-26-22(20)31-9-1-2-10-31)33-19-14-27-18(13-28-19)30-11-5-23(6-12-30)15-32-16(21(23)25)3-8-29-32/h1-4,7-10,13-14,21H,5-6,11-12,15,25H2/t21-/m1/s1. The lowest BCUT2D eigenvalue weighted by molar-refractivity contribution is 0.170. The van der Waals surface area contributed by atoms with Crippen molar-refractivity contribution in [1.29, 1.82) is 0 Å². The quantitative estimate of drug-likeness (QED) is 0.474. The first-order chi connectivity index (χ1) is 16.1. The molecule has 1 spiro atoms. The highest BCUT2D eigenvalue weighted by Crippen LogP contribution is 2.47. The lowest BCUT2D eigenvalue weighted by Gasteiger charge is -2.41. The monoisotopic (exact) mass is 478 g/mol. The molecule has 6 heterocycles. The fourth-order valence-electron chi connectivity index (χ4n) is 4.89. The highest BCUT2D eigenvalue weighted by atomic mass is 35.5. The van der Waals surface area contributed by atoms with Crippen molar-refractivity contribution in [2.75, 3.05) is 18.0 Å². The van der Waals surface area contributed by atoms with Crippen molar-refractivity contribution in [3.63, 3.8) is 0 Å². The highest BCUT2D eigenvalue weighted by molar-refractivity contribution is 7.99. The van der Waals surface area contributed by atoms with Crippen molar-refractivity contribution < 1.29 is 0 Å². The Hall–Kier alpha value is -2.88. The molecule has 0 aromatic carbocycles. The van der Waals surface area contributed by atoms with Gasteiger partial charge >= 0.3 is 0 Å². The predicted octanol–water partition coefficient (Wildman–Crippen LogP) is 3.96. The van der Waals surface area contributed by atoms with Gasteiger partial charge < -0.3 is 15.2 Å². The normalized spacial score (nSPS) is 19.2. The molecule has 0 bridgehead atoms. The lowest BCUT2D eigenvalue weighted by Crippen LogP contribution is -2.45. The maximum absolute atomic E-state index is 6.62. The zero-order chi connectivity index (χ0) is 22.4. The van der Waals surface area contributed by atoms with Crippen molar-refractivity contribution in [3.8, 4) is 5.82 Å². The molecule has 1 fully saturated rings. The van der Waals surface area contributed by atoms with Gasteiger partial charge in [0.25, 0.3) is 0 Å². The van der Waals surface area contributed by atoms with Crippen LogP contribution in [-0.4, -0.2) is 42.4 Å². The van der Waals surface area contributed by atoms with Gasteiger partial charge in [0, 0.05) is 54.7 Å². The van der Waals surface area contributed by atoms with Gasteiger partial charge in [0.2, 0.25) is 0 Å². The van der Waals surface area contributed by atoms with E-state index in [-0.39, 0.29) is 11.5 Å². The molecule has 4 aromatic heterocycles. The fourth-order valence-corrected chi connectivity index (χ4v) is 5.96. The summed E-state index contributed by atoms with van der Waals surface area (Å²) < 4.78 is 3.96. The molecule has 0 saturated carbocycles. The Morgan fingerprint density at radius 1 is 1.03 bits per heavy atom. The summed E-state index contributed by atoms with van der Waals surface area (Å²) in [5, 5.41) is 5.82. The topological polar surface area (TPSA) is 90.7 Å². The Kier molecular flexibility index (Phi) is 5.12. The van der Waals surface area contributed by atoms with Crippen LogP contribution in [0, 0.1) is 5.41 Å². The van der Waals surface area contributed by atoms with Crippen LogP contribution >= 0.6 is 23.4 Å². The van der Waals surface area contributed by atoms with Crippen LogP contribution in [-0.2, 0) is 6.54 Å². The average Bonchev–Trinajstić information content (AvgIpc) is 3.57. The van der Waals surface area contributed by atoms with Gasteiger partial charge in [0.15, 0.2) is 5.82 Å². The molecular formula is C23H23ClN8S.